The minimum Gasteiger partial charge on any atom is -0.422 e. The molecule has 2 heterocycles. The largest absolute Gasteiger partial charge is 0.422 e. The monoisotopic (exact) mass is 383 g/mol. The average Bonchev–Trinajstić information content (AvgIpc) is 3.33. The number of thioether (sulfide) groups is 1. The van der Waals surface area contributed by atoms with Crippen LogP contribution in [0.4, 0.5) is 0 Å². The Kier molecular flexibility index (Phi) is 5.34. The first kappa shape index (κ1) is 18.3. The molecular weight excluding hydrogens is 358 g/mol. The molecule has 1 aliphatic carbocycles. The highest BCUT2D eigenvalue weighted by molar-refractivity contribution is 7.98. The van der Waals surface area contributed by atoms with Crippen LogP contribution in [0.2, 0.25) is 0 Å². The molecule has 1 aromatic carbocycles. The number of aromatic amines is 1. The summed E-state index contributed by atoms with van der Waals surface area (Å²) in [5.41, 5.74) is 3.48. The third-order valence-corrected chi connectivity index (χ3v) is 6.55. The van der Waals surface area contributed by atoms with Crippen LogP contribution in [0.5, 0.6) is 0 Å². The van der Waals surface area contributed by atoms with Crippen molar-refractivity contribution in [2.75, 3.05) is 0 Å². The summed E-state index contributed by atoms with van der Waals surface area (Å²) in [7, 11) is 0. The molecule has 0 atom stereocenters. The van der Waals surface area contributed by atoms with Gasteiger partial charge in [-0.25, -0.2) is 9.78 Å². The maximum Gasteiger partial charge on any atom is 0.336 e. The molecule has 4 rings (SSSR count). The Morgan fingerprint density at radius 1 is 1.26 bits per heavy atom. The van der Waals surface area contributed by atoms with Crippen molar-refractivity contribution in [1.82, 2.24) is 15.2 Å². The van der Waals surface area contributed by atoms with Gasteiger partial charge in [0.25, 0.3) is 0 Å². The van der Waals surface area contributed by atoms with E-state index in [2.05, 4.69) is 21.2 Å². The second-order valence-electron chi connectivity index (χ2n) is 7.52. The number of nitrogens with one attached hydrogen (secondary N) is 1. The topological polar surface area (TPSA) is 71.8 Å². The lowest BCUT2D eigenvalue weighted by molar-refractivity contribution is 0.497. The summed E-state index contributed by atoms with van der Waals surface area (Å²) in [6.07, 6.45) is 7.63. The van der Waals surface area contributed by atoms with E-state index < -0.39 is 0 Å². The smallest absolute Gasteiger partial charge is 0.336 e. The van der Waals surface area contributed by atoms with E-state index in [0.717, 1.165) is 45.4 Å². The van der Waals surface area contributed by atoms with Gasteiger partial charge in [0.05, 0.1) is 0 Å². The molecule has 0 bridgehead atoms. The predicted molar refractivity (Wildman–Crippen MR) is 108 cm³/mol. The van der Waals surface area contributed by atoms with E-state index in [-0.39, 0.29) is 5.63 Å². The van der Waals surface area contributed by atoms with E-state index >= 15 is 0 Å². The third-order valence-electron chi connectivity index (χ3n) is 5.65. The van der Waals surface area contributed by atoms with E-state index in [1.54, 1.807) is 17.8 Å². The molecule has 1 N–H and O–H groups in total. The van der Waals surface area contributed by atoms with Crippen molar-refractivity contribution in [3.05, 3.63) is 51.1 Å². The fraction of sp³-hybridized carbons (Fsp3) is 0.476. The molecule has 0 aliphatic heterocycles. The molecule has 0 saturated heterocycles. The van der Waals surface area contributed by atoms with Crippen molar-refractivity contribution < 1.29 is 4.42 Å². The van der Waals surface area contributed by atoms with Crippen LogP contribution in [0.15, 0.2) is 32.6 Å². The van der Waals surface area contributed by atoms with Gasteiger partial charge in [0.2, 0.25) is 5.16 Å². The fourth-order valence-corrected chi connectivity index (χ4v) is 4.69. The Morgan fingerprint density at radius 2 is 2.07 bits per heavy atom. The van der Waals surface area contributed by atoms with Crippen LogP contribution in [0.1, 0.15) is 54.6 Å². The highest BCUT2D eigenvalue weighted by Crippen LogP contribution is 2.29. The molecule has 0 radical (unpaired) electrons. The van der Waals surface area contributed by atoms with Gasteiger partial charge in [-0.2, -0.15) is 0 Å². The zero-order valence-electron chi connectivity index (χ0n) is 15.9. The molecule has 1 aliphatic rings. The Hall–Kier alpha value is -2.08. The van der Waals surface area contributed by atoms with Crippen molar-refractivity contribution in [1.29, 1.82) is 0 Å². The van der Waals surface area contributed by atoms with Gasteiger partial charge >= 0.3 is 5.63 Å². The highest BCUT2D eigenvalue weighted by atomic mass is 32.2. The number of aromatic nitrogens is 3. The minimum atomic E-state index is -0.306. The molecule has 0 amide bonds. The molecule has 1 fully saturated rings. The van der Waals surface area contributed by atoms with Crippen molar-refractivity contribution >= 4 is 22.7 Å². The van der Waals surface area contributed by atoms with Crippen molar-refractivity contribution in [2.24, 2.45) is 5.92 Å². The lowest BCUT2D eigenvalue weighted by atomic mass is 10.0. The molecule has 142 valence electrons. The third kappa shape index (κ3) is 4.10. The quantitative estimate of drug-likeness (QED) is 0.482. The first-order valence-electron chi connectivity index (χ1n) is 9.67. The van der Waals surface area contributed by atoms with Gasteiger partial charge in [-0.05, 0) is 42.9 Å². The average molecular weight is 384 g/mol. The van der Waals surface area contributed by atoms with E-state index in [1.807, 2.05) is 19.9 Å². The van der Waals surface area contributed by atoms with Gasteiger partial charge < -0.3 is 4.42 Å². The first-order valence-corrected chi connectivity index (χ1v) is 10.7. The van der Waals surface area contributed by atoms with Crippen LogP contribution in [-0.2, 0) is 12.2 Å². The van der Waals surface area contributed by atoms with Crippen LogP contribution in [0.25, 0.3) is 11.0 Å². The van der Waals surface area contributed by atoms with E-state index in [1.165, 1.54) is 32.1 Å². The Morgan fingerprint density at radius 3 is 2.89 bits per heavy atom. The lowest BCUT2D eigenvalue weighted by Gasteiger charge is -2.08. The zero-order chi connectivity index (χ0) is 18.8. The van der Waals surface area contributed by atoms with Gasteiger partial charge in [0.1, 0.15) is 11.4 Å². The van der Waals surface area contributed by atoms with E-state index in [4.69, 9.17) is 4.42 Å². The Balaban J connectivity index is 1.46. The Labute approximate surface area is 163 Å². The molecule has 27 heavy (non-hydrogen) atoms. The SMILES string of the molecule is Cc1ccc2c(CSc3n[nH]c(CCC4CCCC4)n3)cc(=O)oc2c1C. The predicted octanol–water partition coefficient (Wildman–Crippen LogP) is 4.94. The molecule has 1 saturated carbocycles. The van der Waals surface area contributed by atoms with E-state index in [0.29, 0.717) is 11.3 Å². The summed E-state index contributed by atoms with van der Waals surface area (Å²) in [4.78, 5) is 16.6. The van der Waals surface area contributed by atoms with Gasteiger partial charge in [-0.3, -0.25) is 5.10 Å². The summed E-state index contributed by atoms with van der Waals surface area (Å²) in [6.45, 7) is 4.01. The summed E-state index contributed by atoms with van der Waals surface area (Å²) in [5.74, 6) is 2.46. The van der Waals surface area contributed by atoms with Crippen LogP contribution in [0, 0.1) is 19.8 Å². The molecule has 0 unspecified atom stereocenters. The standard InChI is InChI=1S/C21H25N3O2S/c1-13-7-9-17-16(11-19(25)26-20(17)14(13)2)12-27-21-22-18(23-24-21)10-8-15-5-3-4-6-15/h7,9,11,15H,3-6,8,10,12H2,1-2H3,(H,22,23,24). The number of H-pyrrole nitrogens is 1. The second kappa shape index (κ2) is 7.89. The zero-order valence-corrected chi connectivity index (χ0v) is 16.7. The van der Waals surface area contributed by atoms with Crippen molar-refractivity contribution in [2.45, 2.75) is 63.3 Å². The lowest BCUT2D eigenvalue weighted by Crippen LogP contribution is -2.01. The van der Waals surface area contributed by atoms with Crippen LogP contribution < -0.4 is 5.63 Å². The number of rotatable bonds is 6. The Bertz CT molecular complexity index is 1000. The van der Waals surface area contributed by atoms with Crippen LogP contribution >= 0.6 is 11.8 Å². The van der Waals surface area contributed by atoms with Gasteiger partial charge in [0, 0.05) is 23.6 Å². The summed E-state index contributed by atoms with van der Waals surface area (Å²) < 4.78 is 5.45. The van der Waals surface area contributed by atoms with Crippen LogP contribution in [0.3, 0.4) is 0 Å². The number of hydrogen-bond acceptors (Lipinski definition) is 5. The second-order valence-corrected chi connectivity index (χ2v) is 8.46. The molecular formula is C21H25N3O2S. The minimum absolute atomic E-state index is 0.306. The maximum absolute atomic E-state index is 12.0. The molecule has 0 spiro atoms. The summed E-state index contributed by atoms with van der Waals surface area (Å²) >= 11 is 1.55. The van der Waals surface area contributed by atoms with Crippen LogP contribution in [-0.4, -0.2) is 15.2 Å². The number of benzene rings is 1. The number of aryl methyl sites for hydroxylation is 3. The number of hydrogen-bond donors (Lipinski definition) is 1. The number of nitrogens with zero attached hydrogens (tertiary/aromatic N) is 2. The molecule has 5 nitrogen and oxygen atoms in total. The first-order chi connectivity index (χ1) is 13.1. The fourth-order valence-electron chi connectivity index (χ4n) is 3.88. The molecule has 2 aromatic heterocycles. The van der Waals surface area contributed by atoms with Gasteiger partial charge in [0.15, 0.2) is 0 Å². The van der Waals surface area contributed by atoms with Gasteiger partial charge in [-0.15, -0.1) is 5.10 Å². The van der Waals surface area contributed by atoms with E-state index in [9.17, 15) is 4.79 Å². The summed E-state index contributed by atoms with van der Waals surface area (Å²) in [5, 5.41) is 9.13. The normalized spacial score (nSPS) is 15.0. The number of fused-ring (bicyclic) bond motifs is 1. The van der Waals surface area contributed by atoms with Crippen molar-refractivity contribution in [3.63, 3.8) is 0 Å². The maximum atomic E-state index is 12.0. The molecule has 6 heteroatoms. The van der Waals surface area contributed by atoms with Gasteiger partial charge in [-0.1, -0.05) is 49.6 Å². The van der Waals surface area contributed by atoms with Crippen molar-refractivity contribution in [3.8, 4) is 0 Å². The highest BCUT2D eigenvalue weighted by Gasteiger charge is 2.16. The molecule has 3 aromatic rings. The summed E-state index contributed by atoms with van der Waals surface area (Å²) in [6, 6.07) is 5.68.